The highest BCUT2D eigenvalue weighted by Gasteiger charge is 2.43. The zero-order valence-electron chi connectivity index (χ0n) is 22.6. The molecule has 2 aliphatic rings. The lowest BCUT2D eigenvalue weighted by molar-refractivity contribution is -0.139. The van der Waals surface area contributed by atoms with E-state index in [1.165, 1.54) is 25.2 Å². The third kappa shape index (κ3) is 4.43. The number of fused-ring (bicyclic) bond motifs is 2. The number of carbonyl (C=O) groups is 3. The Morgan fingerprint density at radius 1 is 0.976 bits per heavy atom. The van der Waals surface area contributed by atoms with Gasteiger partial charge in [0, 0.05) is 12.2 Å². The summed E-state index contributed by atoms with van der Waals surface area (Å²) in [5.41, 5.74) is 7.85. The van der Waals surface area contributed by atoms with E-state index in [0.717, 1.165) is 0 Å². The molecular weight excluding hydrogens is 524 g/mol. The summed E-state index contributed by atoms with van der Waals surface area (Å²) in [5, 5.41) is 10.3. The van der Waals surface area contributed by atoms with Crippen LogP contribution in [0.4, 0.5) is 11.4 Å². The van der Waals surface area contributed by atoms with Crippen LogP contribution in [0.3, 0.4) is 0 Å². The van der Waals surface area contributed by atoms with Crippen LogP contribution in [0.2, 0.25) is 0 Å². The molecule has 0 aliphatic carbocycles. The minimum Gasteiger partial charge on any atom is -0.466 e. The van der Waals surface area contributed by atoms with Gasteiger partial charge in [-0.15, -0.1) is 0 Å². The summed E-state index contributed by atoms with van der Waals surface area (Å²) in [5.74, 6) is -2.37. The smallest absolute Gasteiger partial charge is 0.355 e. The van der Waals surface area contributed by atoms with Gasteiger partial charge in [-0.3, -0.25) is 9.69 Å². The fraction of sp³-hybridized carbons (Fsp3) is 0.161. The molecule has 0 spiro atoms. The van der Waals surface area contributed by atoms with Crippen molar-refractivity contribution in [2.24, 2.45) is 5.73 Å². The molecule has 2 heterocycles. The number of esters is 2. The number of nitrogens with two attached hydrogens (primary N) is 1. The summed E-state index contributed by atoms with van der Waals surface area (Å²) in [6.07, 6.45) is 0. The van der Waals surface area contributed by atoms with Crippen molar-refractivity contribution in [1.82, 2.24) is 0 Å². The lowest BCUT2D eigenvalue weighted by Crippen LogP contribution is -2.41. The Kier molecular flexibility index (Phi) is 7.18. The summed E-state index contributed by atoms with van der Waals surface area (Å²) in [7, 11) is 2.35. The first-order chi connectivity index (χ1) is 19.9. The van der Waals surface area contributed by atoms with Crippen LogP contribution in [0.5, 0.6) is 11.5 Å². The molecule has 0 radical (unpaired) electrons. The van der Waals surface area contributed by atoms with E-state index in [-0.39, 0.29) is 39.8 Å². The standard InChI is InChI=1S/C31H26N4O6/c1-4-34-22-12-8-9-13-24(22)41-23-15-14-19(16-20(23)29(34)36)35-27(31(38)40-3)26(30(37)39-2)25(21(17-32)28(35)33)18-10-6-5-7-11-18/h5-16,25H,4,33H2,1-3H3. The van der Waals surface area contributed by atoms with Crippen molar-refractivity contribution in [2.75, 3.05) is 30.6 Å². The molecule has 0 aromatic heterocycles. The number of allylic oxidation sites excluding steroid dienone is 1. The van der Waals surface area contributed by atoms with Gasteiger partial charge in [0.2, 0.25) is 0 Å². The Morgan fingerprint density at radius 2 is 1.66 bits per heavy atom. The Hall–Kier alpha value is -5.56. The molecule has 5 rings (SSSR count). The van der Waals surface area contributed by atoms with Crippen LogP contribution < -0.4 is 20.3 Å². The normalized spacial score (nSPS) is 16.2. The first kappa shape index (κ1) is 27.0. The fourth-order valence-electron chi connectivity index (χ4n) is 5.15. The largest absolute Gasteiger partial charge is 0.466 e. The molecule has 3 aromatic carbocycles. The number of para-hydroxylation sites is 2. The van der Waals surface area contributed by atoms with Crippen LogP contribution in [-0.4, -0.2) is 38.6 Å². The first-order valence-corrected chi connectivity index (χ1v) is 12.7. The van der Waals surface area contributed by atoms with Gasteiger partial charge in [-0.2, -0.15) is 5.26 Å². The number of anilines is 2. The molecule has 2 aliphatic heterocycles. The molecular formula is C31H26N4O6. The minimum absolute atomic E-state index is 0.0179. The number of ether oxygens (including phenoxy) is 3. The quantitative estimate of drug-likeness (QED) is 0.460. The van der Waals surface area contributed by atoms with Crippen molar-refractivity contribution in [3.8, 4) is 17.6 Å². The van der Waals surface area contributed by atoms with E-state index in [4.69, 9.17) is 19.9 Å². The van der Waals surface area contributed by atoms with E-state index in [2.05, 4.69) is 6.07 Å². The number of nitrogens with zero attached hydrogens (tertiary/aromatic N) is 3. The van der Waals surface area contributed by atoms with Crippen molar-refractivity contribution in [2.45, 2.75) is 12.8 Å². The van der Waals surface area contributed by atoms with Crippen LogP contribution in [0.1, 0.15) is 28.8 Å². The average molecular weight is 551 g/mol. The monoisotopic (exact) mass is 550 g/mol. The van der Waals surface area contributed by atoms with E-state index in [0.29, 0.717) is 29.3 Å². The summed E-state index contributed by atoms with van der Waals surface area (Å²) in [6.45, 7) is 2.21. The van der Waals surface area contributed by atoms with Crippen molar-refractivity contribution in [3.63, 3.8) is 0 Å². The first-order valence-electron chi connectivity index (χ1n) is 12.7. The number of hydrogen-bond acceptors (Lipinski definition) is 9. The molecule has 1 atom stereocenters. The SMILES string of the molecule is CCN1C(=O)c2cc(N3C(N)=C(C#N)C(c4ccccc4)C(C(=O)OC)=C3C(=O)OC)ccc2Oc2ccccc21. The van der Waals surface area contributed by atoms with Crippen LogP contribution in [-0.2, 0) is 19.1 Å². The Balaban J connectivity index is 1.76. The summed E-state index contributed by atoms with van der Waals surface area (Å²) in [4.78, 5) is 43.2. The predicted molar refractivity (Wildman–Crippen MR) is 150 cm³/mol. The van der Waals surface area contributed by atoms with Gasteiger partial charge in [0.05, 0.1) is 48.6 Å². The van der Waals surface area contributed by atoms with Gasteiger partial charge in [-0.25, -0.2) is 9.59 Å². The summed E-state index contributed by atoms with van der Waals surface area (Å²) < 4.78 is 16.3. The van der Waals surface area contributed by atoms with Crippen molar-refractivity contribution in [3.05, 3.63) is 107 Å². The van der Waals surface area contributed by atoms with Crippen LogP contribution in [0.15, 0.2) is 95.5 Å². The third-order valence-electron chi connectivity index (χ3n) is 7.00. The summed E-state index contributed by atoms with van der Waals surface area (Å²) in [6, 6.07) is 22.7. The third-order valence-corrected chi connectivity index (χ3v) is 7.00. The summed E-state index contributed by atoms with van der Waals surface area (Å²) >= 11 is 0. The maximum Gasteiger partial charge on any atom is 0.355 e. The van der Waals surface area contributed by atoms with Crippen LogP contribution in [0, 0.1) is 11.3 Å². The number of methoxy groups -OCH3 is 2. The molecule has 0 fully saturated rings. The molecule has 1 amide bonds. The highest BCUT2D eigenvalue weighted by Crippen LogP contribution is 2.45. The fourth-order valence-corrected chi connectivity index (χ4v) is 5.15. The maximum absolute atomic E-state index is 13.7. The Bertz CT molecular complexity index is 1670. The second kappa shape index (κ2) is 10.9. The average Bonchev–Trinajstić information content (AvgIpc) is 3.12. The van der Waals surface area contributed by atoms with Gasteiger partial charge < -0.3 is 24.8 Å². The minimum atomic E-state index is -1.00. The second-order valence-corrected chi connectivity index (χ2v) is 9.13. The molecule has 2 N–H and O–H groups in total. The van der Waals surface area contributed by atoms with E-state index in [1.54, 1.807) is 59.5 Å². The molecule has 10 nitrogen and oxygen atoms in total. The van der Waals surface area contributed by atoms with Gasteiger partial charge in [0.1, 0.15) is 17.3 Å². The number of hydrogen-bond donors (Lipinski definition) is 1. The van der Waals surface area contributed by atoms with Crippen LogP contribution >= 0.6 is 0 Å². The molecule has 0 bridgehead atoms. The number of carbonyl (C=O) groups excluding carboxylic acids is 3. The zero-order chi connectivity index (χ0) is 29.3. The van der Waals surface area contributed by atoms with Gasteiger partial charge in [-0.1, -0.05) is 42.5 Å². The van der Waals surface area contributed by atoms with Crippen molar-refractivity contribution >= 4 is 29.2 Å². The number of nitriles is 1. The van der Waals surface area contributed by atoms with Crippen molar-refractivity contribution < 1.29 is 28.6 Å². The maximum atomic E-state index is 13.7. The van der Waals surface area contributed by atoms with Crippen molar-refractivity contribution in [1.29, 1.82) is 5.26 Å². The van der Waals surface area contributed by atoms with Gasteiger partial charge in [0.25, 0.3) is 5.91 Å². The highest BCUT2D eigenvalue weighted by molar-refractivity contribution is 6.11. The lowest BCUT2D eigenvalue weighted by atomic mass is 9.81. The molecule has 0 saturated heterocycles. The Labute approximate surface area is 236 Å². The van der Waals surface area contributed by atoms with E-state index in [1.807, 2.05) is 19.1 Å². The Morgan fingerprint density at radius 3 is 2.32 bits per heavy atom. The number of benzene rings is 3. The number of amides is 1. The van der Waals surface area contributed by atoms with Gasteiger partial charge in [-0.05, 0) is 42.8 Å². The van der Waals surface area contributed by atoms with E-state index < -0.39 is 17.9 Å². The molecule has 1 unspecified atom stereocenters. The van der Waals surface area contributed by atoms with Gasteiger partial charge >= 0.3 is 11.9 Å². The van der Waals surface area contributed by atoms with E-state index in [9.17, 15) is 19.6 Å². The zero-order valence-corrected chi connectivity index (χ0v) is 22.6. The molecule has 0 saturated carbocycles. The molecule has 41 heavy (non-hydrogen) atoms. The number of rotatable bonds is 5. The predicted octanol–water partition coefficient (Wildman–Crippen LogP) is 4.36. The topological polar surface area (TPSA) is 135 Å². The van der Waals surface area contributed by atoms with Gasteiger partial charge in [0.15, 0.2) is 5.75 Å². The second-order valence-electron chi connectivity index (χ2n) is 9.13. The van der Waals surface area contributed by atoms with E-state index >= 15 is 0 Å². The lowest BCUT2D eigenvalue weighted by Gasteiger charge is -2.36. The van der Waals surface area contributed by atoms with Crippen LogP contribution in [0.25, 0.3) is 0 Å². The molecule has 206 valence electrons. The molecule has 10 heteroatoms. The molecule has 3 aromatic rings. The highest BCUT2D eigenvalue weighted by atomic mass is 16.5.